The molecule has 2 rings (SSSR count). The topological polar surface area (TPSA) is 24.5 Å². The maximum Gasteiger partial charge on any atom is 0.119 e. The van der Waals surface area contributed by atoms with Crippen molar-refractivity contribution in [2.75, 3.05) is 33.3 Å². The second-order valence-electron chi connectivity index (χ2n) is 5.48. The van der Waals surface area contributed by atoms with Gasteiger partial charge in [-0.3, -0.25) is 0 Å². The van der Waals surface area contributed by atoms with Gasteiger partial charge in [0.1, 0.15) is 5.75 Å². The molecule has 3 heteroatoms. The van der Waals surface area contributed by atoms with Crippen LogP contribution in [0.5, 0.6) is 5.75 Å². The summed E-state index contributed by atoms with van der Waals surface area (Å²) in [6.45, 7) is 7.30. The SMILES string of the molecule is CCOc1ccc(CNCC2CCCN(C)C2)cc1. The minimum absolute atomic E-state index is 0.729. The first-order chi connectivity index (χ1) is 9.28. The monoisotopic (exact) mass is 262 g/mol. The molecular formula is C16H26N2O. The molecule has 1 unspecified atom stereocenters. The van der Waals surface area contributed by atoms with Crippen molar-refractivity contribution in [1.29, 1.82) is 0 Å². The third kappa shape index (κ3) is 4.84. The lowest BCUT2D eigenvalue weighted by atomic mass is 9.98. The van der Waals surface area contributed by atoms with E-state index >= 15 is 0 Å². The van der Waals surface area contributed by atoms with Crippen LogP contribution in [0, 0.1) is 5.92 Å². The molecule has 0 aliphatic carbocycles. The first-order valence-corrected chi connectivity index (χ1v) is 7.39. The third-order valence-electron chi connectivity index (χ3n) is 3.72. The first kappa shape index (κ1) is 14.4. The van der Waals surface area contributed by atoms with Crippen LogP contribution in [-0.2, 0) is 6.54 Å². The number of nitrogens with one attached hydrogen (secondary N) is 1. The fourth-order valence-electron chi connectivity index (χ4n) is 2.73. The van der Waals surface area contributed by atoms with Crippen LogP contribution in [0.25, 0.3) is 0 Å². The number of piperidine rings is 1. The zero-order valence-electron chi connectivity index (χ0n) is 12.2. The summed E-state index contributed by atoms with van der Waals surface area (Å²) in [6, 6.07) is 8.39. The minimum Gasteiger partial charge on any atom is -0.494 e. The Hall–Kier alpha value is -1.06. The molecule has 0 aromatic heterocycles. The normalized spacial score (nSPS) is 20.4. The van der Waals surface area contributed by atoms with Gasteiger partial charge >= 0.3 is 0 Å². The summed E-state index contributed by atoms with van der Waals surface area (Å²) in [5.41, 5.74) is 1.33. The average molecular weight is 262 g/mol. The number of benzene rings is 1. The standard InChI is InChI=1S/C16H26N2O/c1-3-19-16-8-6-14(7-9-16)11-17-12-15-5-4-10-18(2)13-15/h6-9,15,17H,3-5,10-13H2,1-2H3. The van der Waals surface area contributed by atoms with Crippen LogP contribution in [0.1, 0.15) is 25.3 Å². The number of likely N-dealkylation sites (tertiary alicyclic amines) is 1. The largest absolute Gasteiger partial charge is 0.494 e. The van der Waals surface area contributed by atoms with Crippen molar-refractivity contribution in [2.45, 2.75) is 26.3 Å². The van der Waals surface area contributed by atoms with E-state index in [4.69, 9.17) is 4.74 Å². The number of rotatable bonds is 6. The van der Waals surface area contributed by atoms with Gasteiger partial charge in [-0.2, -0.15) is 0 Å². The van der Waals surface area contributed by atoms with Crippen LogP contribution in [0.4, 0.5) is 0 Å². The van der Waals surface area contributed by atoms with Gasteiger partial charge in [0.15, 0.2) is 0 Å². The van der Waals surface area contributed by atoms with Gasteiger partial charge in [-0.25, -0.2) is 0 Å². The summed E-state index contributed by atoms with van der Waals surface area (Å²) in [6.07, 6.45) is 2.70. The first-order valence-electron chi connectivity index (χ1n) is 7.39. The fourth-order valence-corrected chi connectivity index (χ4v) is 2.73. The van der Waals surface area contributed by atoms with E-state index in [1.54, 1.807) is 0 Å². The molecule has 1 aliphatic rings. The lowest BCUT2D eigenvalue weighted by Gasteiger charge is -2.29. The summed E-state index contributed by atoms with van der Waals surface area (Å²) in [5.74, 6) is 1.77. The summed E-state index contributed by atoms with van der Waals surface area (Å²) in [5, 5.41) is 3.58. The van der Waals surface area contributed by atoms with Gasteiger partial charge in [0, 0.05) is 13.1 Å². The van der Waals surface area contributed by atoms with Crippen molar-refractivity contribution >= 4 is 0 Å². The Bertz CT molecular complexity index is 364. The second kappa shape index (κ2) is 7.51. The zero-order valence-corrected chi connectivity index (χ0v) is 12.2. The van der Waals surface area contributed by atoms with Gasteiger partial charge in [-0.05, 0) is 63.5 Å². The molecule has 1 atom stereocenters. The number of hydrogen-bond donors (Lipinski definition) is 1. The molecule has 1 aliphatic heterocycles. The van der Waals surface area contributed by atoms with Gasteiger partial charge in [-0.1, -0.05) is 12.1 Å². The zero-order chi connectivity index (χ0) is 13.5. The van der Waals surface area contributed by atoms with Crippen LogP contribution in [-0.4, -0.2) is 38.2 Å². The minimum atomic E-state index is 0.729. The number of nitrogens with zero attached hydrogens (tertiary/aromatic N) is 1. The molecular weight excluding hydrogens is 236 g/mol. The lowest BCUT2D eigenvalue weighted by molar-refractivity contribution is 0.206. The smallest absolute Gasteiger partial charge is 0.119 e. The summed E-state index contributed by atoms with van der Waals surface area (Å²) < 4.78 is 5.45. The molecule has 106 valence electrons. The van der Waals surface area contributed by atoms with E-state index in [9.17, 15) is 0 Å². The van der Waals surface area contributed by atoms with Crippen molar-refractivity contribution < 1.29 is 4.74 Å². The highest BCUT2D eigenvalue weighted by Crippen LogP contribution is 2.15. The molecule has 3 nitrogen and oxygen atoms in total. The molecule has 1 heterocycles. The third-order valence-corrected chi connectivity index (χ3v) is 3.72. The highest BCUT2D eigenvalue weighted by atomic mass is 16.5. The Labute approximate surface area is 116 Å². The molecule has 0 amide bonds. The van der Waals surface area contributed by atoms with Crippen molar-refractivity contribution in [3.05, 3.63) is 29.8 Å². The van der Waals surface area contributed by atoms with Crippen LogP contribution in [0.15, 0.2) is 24.3 Å². The summed E-state index contributed by atoms with van der Waals surface area (Å²) in [4.78, 5) is 2.44. The van der Waals surface area contributed by atoms with E-state index in [2.05, 4.69) is 41.5 Å². The van der Waals surface area contributed by atoms with Gasteiger partial charge in [0.2, 0.25) is 0 Å². The Morgan fingerprint density at radius 2 is 2.11 bits per heavy atom. The number of ether oxygens (including phenoxy) is 1. The van der Waals surface area contributed by atoms with E-state index in [1.165, 1.54) is 31.5 Å². The molecule has 1 fully saturated rings. The molecule has 1 N–H and O–H groups in total. The Morgan fingerprint density at radius 1 is 1.32 bits per heavy atom. The Balaban J connectivity index is 1.70. The maximum absolute atomic E-state index is 5.45. The number of hydrogen-bond acceptors (Lipinski definition) is 3. The van der Waals surface area contributed by atoms with E-state index < -0.39 is 0 Å². The molecule has 19 heavy (non-hydrogen) atoms. The van der Waals surface area contributed by atoms with E-state index in [-0.39, 0.29) is 0 Å². The van der Waals surface area contributed by atoms with Crippen molar-refractivity contribution in [3.63, 3.8) is 0 Å². The van der Waals surface area contributed by atoms with Gasteiger partial charge in [0.05, 0.1) is 6.61 Å². The predicted octanol–water partition coefficient (Wildman–Crippen LogP) is 2.52. The molecule has 1 aromatic carbocycles. The van der Waals surface area contributed by atoms with E-state index in [0.29, 0.717) is 0 Å². The Morgan fingerprint density at radius 3 is 2.79 bits per heavy atom. The van der Waals surface area contributed by atoms with Gasteiger partial charge < -0.3 is 15.0 Å². The molecule has 0 bridgehead atoms. The molecule has 0 spiro atoms. The van der Waals surface area contributed by atoms with Crippen molar-refractivity contribution in [1.82, 2.24) is 10.2 Å². The highest BCUT2D eigenvalue weighted by Gasteiger charge is 2.16. The fraction of sp³-hybridized carbons (Fsp3) is 0.625. The molecule has 0 saturated carbocycles. The van der Waals surface area contributed by atoms with Gasteiger partial charge in [0.25, 0.3) is 0 Å². The van der Waals surface area contributed by atoms with E-state index in [0.717, 1.165) is 31.4 Å². The van der Waals surface area contributed by atoms with Crippen LogP contribution >= 0.6 is 0 Å². The molecule has 1 saturated heterocycles. The van der Waals surface area contributed by atoms with Crippen molar-refractivity contribution in [2.24, 2.45) is 5.92 Å². The molecule has 0 radical (unpaired) electrons. The van der Waals surface area contributed by atoms with Crippen LogP contribution < -0.4 is 10.1 Å². The average Bonchev–Trinajstić information content (AvgIpc) is 2.41. The second-order valence-corrected chi connectivity index (χ2v) is 5.48. The lowest BCUT2D eigenvalue weighted by Crippen LogP contribution is -2.37. The quantitative estimate of drug-likeness (QED) is 0.852. The van der Waals surface area contributed by atoms with Crippen molar-refractivity contribution in [3.8, 4) is 5.75 Å². The van der Waals surface area contributed by atoms with Crippen LogP contribution in [0.2, 0.25) is 0 Å². The molecule has 1 aromatic rings. The summed E-state index contributed by atoms with van der Waals surface area (Å²) in [7, 11) is 2.22. The highest BCUT2D eigenvalue weighted by molar-refractivity contribution is 5.27. The maximum atomic E-state index is 5.45. The summed E-state index contributed by atoms with van der Waals surface area (Å²) >= 11 is 0. The Kier molecular flexibility index (Phi) is 5.67. The van der Waals surface area contributed by atoms with E-state index in [1.807, 2.05) is 6.92 Å². The predicted molar refractivity (Wildman–Crippen MR) is 79.5 cm³/mol. The van der Waals surface area contributed by atoms with Gasteiger partial charge in [-0.15, -0.1) is 0 Å². The van der Waals surface area contributed by atoms with Crippen LogP contribution in [0.3, 0.4) is 0 Å².